The number of aliphatic hydroxyl groups excluding tert-OH is 1. The molecule has 0 spiro atoms. The van der Waals surface area contributed by atoms with E-state index in [1.54, 1.807) is 0 Å². The average Bonchev–Trinajstić information content (AvgIpc) is 3.07. The maximum Gasteiger partial charge on any atom is 0.306 e. The van der Waals surface area contributed by atoms with Crippen LogP contribution in [0, 0.1) is 46.3 Å². The van der Waals surface area contributed by atoms with Gasteiger partial charge in [-0.1, -0.05) is 33.6 Å². The zero-order valence-electron chi connectivity index (χ0n) is 22.5. The largest absolute Gasteiger partial charge is 0.460 e. The molecule has 190 valence electrons. The fraction of sp³-hybridized carbons (Fsp3) is 0.967. The van der Waals surface area contributed by atoms with E-state index in [1.165, 1.54) is 51.4 Å². The van der Waals surface area contributed by atoms with Crippen LogP contribution in [0.25, 0.3) is 0 Å². The molecule has 4 fully saturated rings. The van der Waals surface area contributed by atoms with Gasteiger partial charge >= 0.3 is 5.97 Å². The number of carbonyl (C=O) groups is 1. The van der Waals surface area contributed by atoms with Gasteiger partial charge in [-0.3, -0.25) is 4.79 Å². The van der Waals surface area contributed by atoms with Crippen LogP contribution in [0.2, 0.25) is 0 Å². The molecule has 1 N–H and O–H groups in total. The first-order chi connectivity index (χ1) is 15.4. The van der Waals surface area contributed by atoms with E-state index in [1.807, 2.05) is 20.8 Å². The number of aliphatic hydroxyl groups is 1. The zero-order chi connectivity index (χ0) is 24.0. The third kappa shape index (κ3) is 5.05. The Balaban J connectivity index is 1.32. The second-order valence-corrected chi connectivity index (χ2v) is 14.1. The number of carbonyl (C=O) groups excluding carboxylic acids is 1. The van der Waals surface area contributed by atoms with E-state index in [0.29, 0.717) is 17.3 Å². The maximum atomic E-state index is 12.0. The van der Waals surface area contributed by atoms with E-state index in [2.05, 4.69) is 20.8 Å². The third-order valence-electron chi connectivity index (χ3n) is 11.1. The number of rotatable bonds is 6. The van der Waals surface area contributed by atoms with Crippen LogP contribution in [0.4, 0.5) is 0 Å². The molecule has 0 aromatic carbocycles. The van der Waals surface area contributed by atoms with E-state index in [-0.39, 0.29) is 17.7 Å². The Morgan fingerprint density at radius 3 is 2.39 bits per heavy atom. The Kier molecular flexibility index (Phi) is 7.33. The first-order valence-corrected chi connectivity index (χ1v) is 14.3. The maximum absolute atomic E-state index is 12.0. The molecule has 0 aromatic heterocycles. The summed E-state index contributed by atoms with van der Waals surface area (Å²) in [6.45, 7) is 13.6. The molecule has 9 atom stereocenters. The number of unbranched alkanes of at least 4 members (excludes halogenated alkanes) is 1. The zero-order valence-corrected chi connectivity index (χ0v) is 22.5. The lowest BCUT2D eigenvalue weighted by atomic mass is 9.44. The number of ether oxygens (including phenoxy) is 1. The van der Waals surface area contributed by atoms with Crippen molar-refractivity contribution in [3.8, 4) is 0 Å². The van der Waals surface area contributed by atoms with Crippen LogP contribution in [-0.2, 0) is 9.53 Å². The molecule has 0 saturated heterocycles. The lowest BCUT2D eigenvalue weighted by Crippen LogP contribution is -2.54. The van der Waals surface area contributed by atoms with Crippen LogP contribution >= 0.6 is 0 Å². The molecule has 0 heterocycles. The minimum Gasteiger partial charge on any atom is -0.460 e. The summed E-state index contributed by atoms with van der Waals surface area (Å²) in [5, 5.41) is 10.3. The van der Waals surface area contributed by atoms with Gasteiger partial charge in [0.05, 0.1) is 6.10 Å². The van der Waals surface area contributed by atoms with Crippen molar-refractivity contribution < 1.29 is 14.6 Å². The second-order valence-electron chi connectivity index (χ2n) is 14.1. The summed E-state index contributed by atoms with van der Waals surface area (Å²) < 4.78 is 5.48. The number of esters is 1. The first kappa shape index (κ1) is 25.5. The molecule has 3 heteroatoms. The Hall–Kier alpha value is -0.570. The summed E-state index contributed by atoms with van der Waals surface area (Å²) in [6, 6.07) is 0. The van der Waals surface area contributed by atoms with Gasteiger partial charge in [0.1, 0.15) is 5.60 Å². The van der Waals surface area contributed by atoms with E-state index in [4.69, 9.17) is 4.74 Å². The number of hydrogen-bond acceptors (Lipinski definition) is 3. The first-order valence-electron chi connectivity index (χ1n) is 14.3. The van der Waals surface area contributed by atoms with Gasteiger partial charge < -0.3 is 9.84 Å². The third-order valence-corrected chi connectivity index (χ3v) is 11.1. The van der Waals surface area contributed by atoms with E-state index < -0.39 is 0 Å². The SMILES string of the molecule is C[C@H](CCCCC(=O)OC(C)(C)C)[C@H]1CC[C@H]2[C@@H]3CCC4C[C@H](O)CC[C@]4(C)[C@H]3CC[C@]12C. The number of hydrogen-bond donors (Lipinski definition) is 1. The molecule has 0 radical (unpaired) electrons. The average molecular weight is 461 g/mol. The minimum absolute atomic E-state index is 0.0410. The van der Waals surface area contributed by atoms with Crippen LogP contribution in [-0.4, -0.2) is 22.8 Å². The van der Waals surface area contributed by atoms with Crippen molar-refractivity contribution in [2.24, 2.45) is 46.3 Å². The Bertz CT molecular complexity index is 695. The van der Waals surface area contributed by atoms with Gasteiger partial charge in [-0.05, 0) is 131 Å². The molecule has 3 nitrogen and oxygen atoms in total. The number of fused-ring (bicyclic) bond motifs is 5. The van der Waals surface area contributed by atoms with Gasteiger partial charge in [0, 0.05) is 6.42 Å². The monoisotopic (exact) mass is 460 g/mol. The molecule has 0 amide bonds. The lowest BCUT2D eigenvalue weighted by molar-refractivity contribution is -0.154. The molecule has 1 unspecified atom stereocenters. The van der Waals surface area contributed by atoms with Gasteiger partial charge in [0.25, 0.3) is 0 Å². The predicted octanol–water partition coefficient (Wildman–Crippen LogP) is 7.54. The summed E-state index contributed by atoms with van der Waals surface area (Å²) >= 11 is 0. The smallest absolute Gasteiger partial charge is 0.306 e. The fourth-order valence-corrected chi connectivity index (χ4v) is 9.54. The van der Waals surface area contributed by atoms with Gasteiger partial charge in [-0.15, -0.1) is 0 Å². The van der Waals surface area contributed by atoms with Gasteiger partial charge in [0.15, 0.2) is 0 Å². The van der Waals surface area contributed by atoms with Crippen LogP contribution < -0.4 is 0 Å². The standard InChI is InChI=1S/C30H52O3/c1-20(9-7-8-10-27(32)33-28(2,3)4)24-13-14-25-23-12-11-21-19-22(31)15-17-29(21,5)26(23)16-18-30(24,25)6/h20-26,31H,7-19H2,1-6H3/t20-,21?,22-,23+,24-,25+,26+,29+,30-/m1/s1. The quantitative estimate of drug-likeness (QED) is 0.329. The van der Waals surface area contributed by atoms with Crippen molar-refractivity contribution in [2.75, 3.05) is 0 Å². The van der Waals surface area contributed by atoms with Crippen molar-refractivity contribution in [3.63, 3.8) is 0 Å². The van der Waals surface area contributed by atoms with Crippen molar-refractivity contribution in [1.82, 2.24) is 0 Å². The van der Waals surface area contributed by atoms with Crippen molar-refractivity contribution >= 4 is 5.97 Å². The molecule has 4 rings (SSSR count). The van der Waals surface area contributed by atoms with Crippen LogP contribution in [0.15, 0.2) is 0 Å². The molecule has 33 heavy (non-hydrogen) atoms. The molecule has 0 bridgehead atoms. The van der Waals surface area contributed by atoms with Gasteiger partial charge in [0.2, 0.25) is 0 Å². The van der Waals surface area contributed by atoms with E-state index in [9.17, 15) is 9.90 Å². The summed E-state index contributed by atoms with van der Waals surface area (Å²) in [5.74, 6) is 5.05. The normalized spacial score (nSPS) is 43.8. The topological polar surface area (TPSA) is 46.5 Å². The molecule has 4 aliphatic rings. The molecule has 0 aromatic rings. The Morgan fingerprint density at radius 2 is 1.67 bits per heavy atom. The van der Waals surface area contributed by atoms with Crippen LogP contribution in [0.3, 0.4) is 0 Å². The molecule has 4 aliphatic carbocycles. The molecule has 0 aliphatic heterocycles. The van der Waals surface area contributed by atoms with Gasteiger partial charge in [-0.2, -0.15) is 0 Å². The molecule has 4 saturated carbocycles. The van der Waals surface area contributed by atoms with Gasteiger partial charge in [-0.25, -0.2) is 0 Å². The fourth-order valence-electron chi connectivity index (χ4n) is 9.54. The summed E-state index contributed by atoms with van der Waals surface area (Å²) in [7, 11) is 0. The minimum atomic E-state index is -0.371. The highest BCUT2D eigenvalue weighted by Gasteiger charge is 2.60. The predicted molar refractivity (Wildman–Crippen MR) is 135 cm³/mol. The Labute approximate surface area is 203 Å². The van der Waals surface area contributed by atoms with E-state index >= 15 is 0 Å². The van der Waals surface area contributed by atoms with Crippen molar-refractivity contribution in [2.45, 2.75) is 137 Å². The highest BCUT2D eigenvalue weighted by molar-refractivity contribution is 5.69. The second kappa shape index (κ2) is 9.47. The summed E-state index contributed by atoms with van der Waals surface area (Å²) in [5.41, 5.74) is 0.627. The summed E-state index contributed by atoms with van der Waals surface area (Å²) in [4.78, 5) is 12.0. The van der Waals surface area contributed by atoms with Crippen molar-refractivity contribution in [1.29, 1.82) is 0 Å². The lowest BCUT2D eigenvalue weighted by Gasteiger charge is -2.61. The van der Waals surface area contributed by atoms with Crippen LogP contribution in [0.1, 0.15) is 125 Å². The van der Waals surface area contributed by atoms with Crippen molar-refractivity contribution in [3.05, 3.63) is 0 Å². The highest BCUT2D eigenvalue weighted by Crippen LogP contribution is 2.68. The molecular weight excluding hydrogens is 408 g/mol. The summed E-state index contributed by atoms with van der Waals surface area (Å²) in [6.07, 6.45) is 15.7. The van der Waals surface area contributed by atoms with Crippen LogP contribution in [0.5, 0.6) is 0 Å². The highest BCUT2D eigenvalue weighted by atomic mass is 16.6. The van der Waals surface area contributed by atoms with E-state index in [0.717, 1.165) is 61.2 Å². The Morgan fingerprint density at radius 1 is 0.970 bits per heavy atom. The molecular formula is C30H52O3.